The molecule has 1 N–H and O–H groups in total. The molecule has 8 nitrogen and oxygen atoms in total. The molecular weight excluding hydrogens is 569 g/mol. The standard InChI is InChI=1S/C30H35ClFN3O5S/c1-6-40-27-10-8-7-9-26(27)35(41(38,39)25-17-13-23(31)14-18-25)20-28(36)34(19-22-11-15-24(32)16-12-22)21(2)29(37)33-30(3,4)5/h7-18,21H,6,19-20H2,1-5H3,(H,33,37)/t21-/m0/s1. The van der Waals surface area contributed by atoms with Gasteiger partial charge in [0.05, 0.1) is 17.2 Å². The second-order valence-corrected chi connectivity index (χ2v) is 12.7. The Hall–Kier alpha value is -3.63. The minimum absolute atomic E-state index is 0.0558. The minimum Gasteiger partial charge on any atom is -0.492 e. The maximum absolute atomic E-state index is 14.0. The van der Waals surface area contributed by atoms with Crippen LogP contribution in [0.4, 0.5) is 10.1 Å². The quantitative estimate of drug-likeness (QED) is 0.316. The van der Waals surface area contributed by atoms with Crippen molar-refractivity contribution in [3.8, 4) is 5.75 Å². The fourth-order valence-electron chi connectivity index (χ4n) is 4.03. The molecule has 0 aliphatic carbocycles. The summed E-state index contributed by atoms with van der Waals surface area (Å²) in [6.45, 7) is 8.34. The van der Waals surface area contributed by atoms with Crippen molar-refractivity contribution in [2.45, 2.75) is 57.6 Å². The van der Waals surface area contributed by atoms with Crippen LogP contribution in [0.3, 0.4) is 0 Å². The zero-order valence-electron chi connectivity index (χ0n) is 23.7. The summed E-state index contributed by atoms with van der Waals surface area (Å²) in [6.07, 6.45) is 0. The summed E-state index contributed by atoms with van der Waals surface area (Å²) < 4.78 is 48.2. The number of anilines is 1. The molecule has 3 aromatic rings. The fraction of sp³-hybridized carbons (Fsp3) is 0.333. The molecule has 220 valence electrons. The van der Waals surface area contributed by atoms with Gasteiger partial charge in [0, 0.05) is 17.1 Å². The van der Waals surface area contributed by atoms with E-state index in [1.165, 1.54) is 53.4 Å². The van der Waals surface area contributed by atoms with Crippen LogP contribution < -0.4 is 14.4 Å². The Labute approximate surface area is 246 Å². The van der Waals surface area contributed by atoms with Gasteiger partial charge in [-0.25, -0.2) is 12.8 Å². The Kier molecular flexibility index (Phi) is 10.4. The number of carbonyl (C=O) groups excluding carboxylic acids is 2. The van der Waals surface area contributed by atoms with Crippen LogP contribution in [0, 0.1) is 5.82 Å². The Morgan fingerprint density at radius 3 is 2.20 bits per heavy atom. The highest BCUT2D eigenvalue weighted by Gasteiger charge is 2.34. The van der Waals surface area contributed by atoms with Gasteiger partial charge in [0.15, 0.2) is 0 Å². The summed E-state index contributed by atoms with van der Waals surface area (Å²) in [5, 5.41) is 3.22. The van der Waals surface area contributed by atoms with Gasteiger partial charge in [0.2, 0.25) is 11.8 Å². The van der Waals surface area contributed by atoms with Crippen LogP contribution in [-0.2, 0) is 26.2 Å². The Morgan fingerprint density at radius 1 is 1.00 bits per heavy atom. The first-order valence-corrected chi connectivity index (χ1v) is 14.9. The zero-order chi connectivity index (χ0) is 30.4. The molecule has 0 saturated heterocycles. The largest absolute Gasteiger partial charge is 0.492 e. The van der Waals surface area contributed by atoms with Gasteiger partial charge in [0.1, 0.15) is 24.2 Å². The molecule has 0 unspecified atom stereocenters. The molecular formula is C30H35ClFN3O5S. The molecule has 2 amide bonds. The van der Waals surface area contributed by atoms with E-state index in [2.05, 4.69) is 5.32 Å². The average molecular weight is 604 g/mol. The molecule has 0 heterocycles. The molecule has 41 heavy (non-hydrogen) atoms. The summed E-state index contributed by atoms with van der Waals surface area (Å²) >= 11 is 6.00. The topological polar surface area (TPSA) is 96.0 Å². The lowest BCUT2D eigenvalue weighted by Gasteiger charge is -2.33. The van der Waals surface area contributed by atoms with E-state index in [0.717, 1.165) is 4.31 Å². The summed E-state index contributed by atoms with van der Waals surface area (Å²) in [6, 6.07) is 16.7. The third kappa shape index (κ3) is 8.43. The lowest BCUT2D eigenvalue weighted by molar-refractivity contribution is -0.140. The number of para-hydroxylation sites is 2. The number of hydrogen-bond donors (Lipinski definition) is 1. The van der Waals surface area contributed by atoms with Gasteiger partial charge in [-0.2, -0.15) is 0 Å². The van der Waals surface area contributed by atoms with Crippen LogP contribution in [0.1, 0.15) is 40.2 Å². The van der Waals surface area contributed by atoms with Crippen molar-refractivity contribution in [2.75, 3.05) is 17.5 Å². The number of amides is 2. The molecule has 0 aliphatic rings. The highest BCUT2D eigenvalue weighted by atomic mass is 35.5. The summed E-state index contributed by atoms with van der Waals surface area (Å²) in [5.41, 5.74) is 0.152. The van der Waals surface area contributed by atoms with E-state index >= 15 is 0 Å². The van der Waals surface area contributed by atoms with Gasteiger partial charge in [0.25, 0.3) is 10.0 Å². The molecule has 0 aromatic heterocycles. The predicted molar refractivity (Wildman–Crippen MR) is 158 cm³/mol. The van der Waals surface area contributed by atoms with Crippen LogP contribution in [0.15, 0.2) is 77.7 Å². The lowest BCUT2D eigenvalue weighted by Crippen LogP contribution is -2.54. The average Bonchev–Trinajstić information content (AvgIpc) is 2.91. The fourth-order valence-corrected chi connectivity index (χ4v) is 5.58. The van der Waals surface area contributed by atoms with E-state index in [9.17, 15) is 22.4 Å². The Balaban J connectivity index is 2.08. The normalized spacial score (nSPS) is 12.4. The van der Waals surface area contributed by atoms with E-state index in [0.29, 0.717) is 10.6 Å². The molecule has 0 bridgehead atoms. The Morgan fingerprint density at radius 2 is 1.61 bits per heavy atom. The number of ether oxygens (including phenoxy) is 1. The highest BCUT2D eigenvalue weighted by Crippen LogP contribution is 2.33. The van der Waals surface area contributed by atoms with Crippen molar-refractivity contribution in [3.63, 3.8) is 0 Å². The number of benzene rings is 3. The van der Waals surface area contributed by atoms with Gasteiger partial charge >= 0.3 is 0 Å². The van der Waals surface area contributed by atoms with E-state index in [1.807, 2.05) is 20.8 Å². The smallest absolute Gasteiger partial charge is 0.264 e. The third-order valence-corrected chi connectivity index (χ3v) is 8.07. The first-order chi connectivity index (χ1) is 19.2. The SMILES string of the molecule is CCOc1ccccc1N(CC(=O)N(Cc1ccc(F)cc1)[C@@H](C)C(=O)NC(C)(C)C)S(=O)(=O)c1ccc(Cl)cc1. The first kappa shape index (κ1) is 31.9. The second kappa shape index (κ2) is 13.4. The van der Waals surface area contributed by atoms with Crippen LogP contribution in [0.2, 0.25) is 5.02 Å². The van der Waals surface area contributed by atoms with Crippen molar-refractivity contribution in [3.05, 3.63) is 89.2 Å². The number of halogens is 2. The number of sulfonamides is 1. The molecule has 0 saturated carbocycles. The molecule has 0 radical (unpaired) electrons. The number of rotatable bonds is 11. The molecule has 3 rings (SSSR count). The highest BCUT2D eigenvalue weighted by molar-refractivity contribution is 7.92. The molecule has 1 atom stereocenters. The van der Waals surface area contributed by atoms with Gasteiger partial charge < -0.3 is 15.0 Å². The van der Waals surface area contributed by atoms with E-state index in [1.54, 1.807) is 38.1 Å². The summed E-state index contributed by atoms with van der Waals surface area (Å²) in [4.78, 5) is 28.4. The molecule has 0 spiro atoms. The van der Waals surface area contributed by atoms with Gasteiger partial charge in [-0.1, -0.05) is 35.9 Å². The van der Waals surface area contributed by atoms with Crippen LogP contribution in [-0.4, -0.2) is 49.9 Å². The maximum Gasteiger partial charge on any atom is 0.264 e. The van der Waals surface area contributed by atoms with Crippen LogP contribution in [0.5, 0.6) is 5.75 Å². The lowest BCUT2D eigenvalue weighted by atomic mass is 10.1. The molecule has 0 aliphatic heterocycles. The first-order valence-electron chi connectivity index (χ1n) is 13.1. The van der Waals surface area contributed by atoms with Crippen molar-refractivity contribution in [2.24, 2.45) is 0 Å². The van der Waals surface area contributed by atoms with Crippen molar-refractivity contribution in [1.29, 1.82) is 0 Å². The summed E-state index contributed by atoms with van der Waals surface area (Å²) in [5.74, 6) is -1.24. The van der Waals surface area contributed by atoms with E-state index < -0.39 is 45.8 Å². The minimum atomic E-state index is -4.30. The van der Waals surface area contributed by atoms with Gasteiger partial charge in [-0.15, -0.1) is 0 Å². The number of hydrogen-bond acceptors (Lipinski definition) is 5. The third-order valence-electron chi connectivity index (χ3n) is 6.05. The molecule has 11 heteroatoms. The second-order valence-electron chi connectivity index (χ2n) is 10.4. The number of nitrogens with one attached hydrogen (secondary N) is 1. The zero-order valence-corrected chi connectivity index (χ0v) is 25.3. The van der Waals surface area contributed by atoms with Crippen LogP contribution >= 0.6 is 11.6 Å². The maximum atomic E-state index is 14.0. The van der Waals surface area contributed by atoms with Gasteiger partial charge in [-0.3, -0.25) is 13.9 Å². The molecule has 0 fully saturated rings. The van der Waals surface area contributed by atoms with Gasteiger partial charge in [-0.05, 0) is 88.7 Å². The van der Waals surface area contributed by atoms with Crippen molar-refractivity contribution < 1.29 is 27.1 Å². The Bertz CT molecular complexity index is 1460. The predicted octanol–water partition coefficient (Wildman–Crippen LogP) is 5.41. The van der Waals surface area contributed by atoms with E-state index in [-0.39, 0.29) is 29.5 Å². The summed E-state index contributed by atoms with van der Waals surface area (Å²) in [7, 11) is -4.30. The number of carbonyl (C=O) groups is 2. The van der Waals surface area contributed by atoms with Crippen LogP contribution in [0.25, 0.3) is 0 Å². The monoisotopic (exact) mass is 603 g/mol. The molecule has 3 aromatic carbocycles. The van der Waals surface area contributed by atoms with Crippen molar-refractivity contribution in [1.82, 2.24) is 10.2 Å². The van der Waals surface area contributed by atoms with Crippen molar-refractivity contribution >= 4 is 39.1 Å². The number of nitrogens with zero attached hydrogens (tertiary/aromatic N) is 2. The van der Waals surface area contributed by atoms with E-state index in [4.69, 9.17) is 16.3 Å².